The van der Waals surface area contributed by atoms with Crippen LogP contribution < -0.4 is 5.69 Å². The number of alkyl halides is 3. The quantitative estimate of drug-likeness (QED) is 0.595. The van der Waals surface area contributed by atoms with Crippen molar-refractivity contribution in [2.45, 2.75) is 12.7 Å². The van der Waals surface area contributed by atoms with Crippen LogP contribution in [-0.4, -0.2) is 29.1 Å². The van der Waals surface area contributed by atoms with Gasteiger partial charge >= 0.3 is 11.9 Å². The highest BCUT2D eigenvalue weighted by Gasteiger charge is 2.34. The summed E-state index contributed by atoms with van der Waals surface area (Å²) in [5, 5.41) is 0. The zero-order chi connectivity index (χ0) is 21.7. The van der Waals surface area contributed by atoms with Gasteiger partial charge in [-0.05, 0) is 5.56 Å². The van der Waals surface area contributed by atoms with Crippen LogP contribution in [-0.2, 0) is 19.7 Å². The van der Waals surface area contributed by atoms with Crippen LogP contribution in [0.15, 0.2) is 47.8 Å². The highest BCUT2D eigenvalue weighted by atomic mass is 19.4. The molecule has 0 unspecified atom stereocenters. The molecule has 7 nitrogen and oxygen atoms in total. The number of aryl methyl sites for hydroxylation is 1. The Morgan fingerprint density at radius 3 is 2.74 bits per heavy atom. The molecule has 0 aliphatic rings. The van der Waals surface area contributed by atoms with E-state index in [1.165, 1.54) is 29.2 Å². The predicted molar refractivity (Wildman–Crippen MR) is 90.9 cm³/mol. The molecular formula is C17H13F3N6O. The van der Waals surface area contributed by atoms with Crippen LogP contribution in [0.1, 0.15) is 15.4 Å². The van der Waals surface area contributed by atoms with Gasteiger partial charge in [0, 0.05) is 22.8 Å². The maximum absolute atomic E-state index is 13.0. The van der Waals surface area contributed by atoms with E-state index in [1.54, 1.807) is 12.1 Å². The Hall–Kier alpha value is -3.43. The summed E-state index contributed by atoms with van der Waals surface area (Å²) in [6, 6.07) is 6.06. The number of nitrogens with one attached hydrogen (secondary N) is 1. The molecule has 1 aromatic carbocycles. The van der Waals surface area contributed by atoms with Gasteiger partial charge in [0.15, 0.2) is 11.3 Å². The molecule has 0 saturated heterocycles. The summed E-state index contributed by atoms with van der Waals surface area (Å²) in [6.07, 6.45) is -1.52. The molecule has 0 spiro atoms. The van der Waals surface area contributed by atoms with Crippen LogP contribution in [0.25, 0.3) is 22.6 Å². The number of halogens is 3. The number of aromatic amines is 1. The van der Waals surface area contributed by atoms with E-state index in [9.17, 15) is 18.0 Å². The molecule has 4 aromatic rings. The Kier molecular flexibility index (Phi) is 3.09. The number of benzene rings is 1. The molecule has 0 radical (unpaired) electrons. The van der Waals surface area contributed by atoms with Crippen LogP contribution in [0.3, 0.4) is 0 Å². The van der Waals surface area contributed by atoms with Gasteiger partial charge in [-0.3, -0.25) is 4.57 Å². The summed E-state index contributed by atoms with van der Waals surface area (Å²) >= 11 is 0. The van der Waals surface area contributed by atoms with Gasteiger partial charge < -0.3 is 9.55 Å². The third kappa shape index (κ3) is 3.09. The number of nitrogens with zero attached hydrogens (tertiary/aromatic N) is 5. The van der Waals surface area contributed by atoms with Crippen LogP contribution in [0, 0.1) is 0 Å². The van der Waals surface area contributed by atoms with E-state index >= 15 is 0 Å². The Morgan fingerprint density at radius 2 is 2.04 bits per heavy atom. The molecule has 1 N–H and O–H groups in total. The van der Waals surface area contributed by atoms with Gasteiger partial charge in [0.1, 0.15) is 17.7 Å². The molecule has 0 atom stereocenters. The normalized spacial score (nSPS) is 14.1. The Morgan fingerprint density at radius 1 is 1.26 bits per heavy atom. The Balaban J connectivity index is 1.70. The molecule has 0 bridgehead atoms. The van der Waals surface area contributed by atoms with Crippen LogP contribution >= 0.6 is 0 Å². The summed E-state index contributed by atoms with van der Waals surface area (Å²) in [6.45, 7) is -2.68. The zero-order valence-corrected chi connectivity index (χ0v) is 13.5. The summed E-state index contributed by atoms with van der Waals surface area (Å²) in [5.41, 5.74) is 0.0535. The van der Waals surface area contributed by atoms with E-state index in [1.807, 2.05) is 0 Å². The fraction of sp³-hybridized carbons (Fsp3) is 0.176. The molecule has 27 heavy (non-hydrogen) atoms. The molecule has 0 amide bonds. The van der Waals surface area contributed by atoms with Crippen molar-refractivity contribution in [3.63, 3.8) is 0 Å². The highest BCUT2D eigenvalue weighted by molar-refractivity contribution is 5.69. The van der Waals surface area contributed by atoms with E-state index in [0.717, 1.165) is 0 Å². The number of rotatable bonds is 3. The molecule has 3 heterocycles. The van der Waals surface area contributed by atoms with Crippen molar-refractivity contribution in [1.82, 2.24) is 29.1 Å². The van der Waals surface area contributed by atoms with Gasteiger partial charge in [-0.2, -0.15) is 13.2 Å². The number of fused-ring (bicyclic) bond motifs is 1. The van der Waals surface area contributed by atoms with E-state index in [-0.39, 0.29) is 23.6 Å². The van der Waals surface area contributed by atoms with E-state index < -0.39 is 18.8 Å². The molecular weight excluding hydrogens is 361 g/mol. The third-order valence-corrected chi connectivity index (χ3v) is 3.98. The van der Waals surface area contributed by atoms with Crippen LogP contribution in [0.4, 0.5) is 13.2 Å². The minimum atomic E-state index is -4.77. The maximum atomic E-state index is 13.0. The molecule has 0 aliphatic heterocycles. The van der Waals surface area contributed by atoms with Crippen LogP contribution in [0.2, 0.25) is 0 Å². The largest absolute Gasteiger partial charge is 0.434 e. The minimum absolute atomic E-state index is 0.150. The number of aromatic nitrogens is 6. The van der Waals surface area contributed by atoms with E-state index in [0.29, 0.717) is 27.5 Å². The number of H-pyrrole nitrogens is 1. The second kappa shape index (κ2) is 6.08. The van der Waals surface area contributed by atoms with Gasteiger partial charge in [-0.1, -0.05) is 24.3 Å². The monoisotopic (exact) mass is 377 g/mol. The summed E-state index contributed by atoms with van der Waals surface area (Å²) in [5.74, 6) is -0.328. The first-order valence-electron chi connectivity index (χ1n) is 9.19. The minimum Gasteiger partial charge on any atom is -0.333 e. The Labute approximate surface area is 154 Å². The molecule has 0 aliphatic carbocycles. The lowest BCUT2D eigenvalue weighted by Crippen LogP contribution is -2.17. The lowest BCUT2D eigenvalue weighted by atomic mass is 10.1. The van der Waals surface area contributed by atoms with Gasteiger partial charge in [0.2, 0.25) is 0 Å². The molecule has 0 saturated carbocycles. The van der Waals surface area contributed by atoms with Crippen molar-refractivity contribution < 1.29 is 17.3 Å². The zero-order valence-electron chi connectivity index (χ0n) is 16.5. The summed E-state index contributed by atoms with van der Waals surface area (Å²) < 4.78 is 63.4. The molecule has 4 rings (SSSR count). The van der Waals surface area contributed by atoms with Gasteiger partial charge in [-0.15, -0.1) is 0 Å². The number of hydrogen-bond acceptors (Lipinski definition) is 4. The molecule has 0 fully saturated rings. The van der Waals surface area contributed by atoms with Crippen molar-refractivity contribution in [1.29, 1.82) is 0 Å². The van der Waals surface area contributed by atoms with Crippen molar-refractivity contribution >= 4 is 11.2 Å². The van der Waals surface area contributed by atoms with Crippen molar-refractivity contribution in [3.05, 3.63) is 64.7 Å². The summed E-state index contributed by atoms with van der Waals surface area (Å²) in [7, 11) is 0. The van der Waals surface area contributed by atoms with Crippen molar-refractivity contribution in [2.24, 2.45) is 6.98 Å². The predicted octanol–water partition coefficient (Wildman–Crippen LogP) is 2.59. The third-order valence-electron chi connectivity index (χ3n) is 3.98. The van der Waals surface area contributed by atoms with Crippen molar-refractivity contribution in [2.75, 3.05) is 0 Å². The molecule has 3 aromatic heterocycles. The average Bonchev–Trinajstić information content (AvgIpc) is 3.25. The summed E-state index contributed by atoms with van der Waals surface area (Å²) in [4.78, 5) is 26.1. The SMILES string of the molecule is [2H]C([2H])([2H])n1cc(C(F)(F)F)nc1-c1ccc(Cn2c(=O)[nH]c3cncnc32)cc1. The van der Waals surface area contributed by atoms with Crippen molar-refractivity contribution in [3.8, 4) is 11.4 Å². The second-order valence-electron chi connectivity index (χ2n) is 5.79. The van der Waals surface area contributed by atoms with Gasteiger partial charge in [-0.25, -0.2) is 19.7 Å². The smallest absolute Gasteiger partial charge is 0.333 e. The first-order chi connectivity index (χ1) is 14.0. The fourth-order valence-corrected chi connectivity index (χ4v) is 2.71. The molecule has 138 valence electrons. The van der Waals surface area contributed by atoms with Gasteiger partial charge in [0.25, 0.3) is 0 Å². The second-order valence-corrected chi connectivity index (χ2v) is 5.79. The lowest BCUT2D eigenvalue weighted by Gasteiger charge is -2.05. The fourth-order valence-electron chi connectivity index (χ4n) is 2.71. The Bertz CT molecular complexity index is 1270. The average molecular weight is 377 g/mol. The lowest BCUT2D eigenvalue weighted by molar-refractivity contribution is -0.140. The first kappa shape index (κ1) is 13.7. The highest BCUT2D eigenvalue weighted by Crippen LogP contribution is 2.30. The maximum Gasteiger partial charge on any atom is 0.434 e. The van der Waals surface area contributed by atoms with Gasteiger partial charge in [0.05, 0.1) is 12.7 Å². The van der Waals surface area contributed by atoms with E-state index in [2.05, 4.69) is 19.9 Å². The first-order valence-corrected chi connectivity index (χ1v) is 7.69. The number of imidazole rings is 2. The molecule has 10 heteroatoms. The topological polar surface area (TPSA) is 81.4 Å². The standard InChI is InChI=1S/C17H13F3N6O/c1-25-8-13(17(18,19)20)24-14(25)11-4-2-10(3-5-11)7-26-15-12(23-16(26)27)6-21-9-22-15/h2-6,8-9H,7H2,1H3,(H,23,27)/i1D3. The number of hydrogen-bond donors (Lipinski definition) is 1. The van der Waals surface area contributed by atoms with E-state index in [4.69, 9.17) is 4.11 Å². The van der Waals surface area contributed by atoms with Crippen LogP contribution in [0.5, 0.6) is 0 Å².